The van der Waals surface area contributed by atoms with Crippen molar-refractivity contribution in [2.45, 2.75) is 45.6 Å². The summed E-state index contributed by atoms with van der Waals surface area (Å²) in [6.45, 7) is 9.63. The van der Waals surface area contributed by atoms with Gasteiger partial charge in [0.2, 0.25) is 0 Å². The Hall–Kier alpha value is -1.67. The smallest absolute Gasteiger partial charge is 0.0372 e. The maximum absolute atomic E-state index is 4.41. The number of rotatable bonds is 5. The van der Waals surface area contributed by atoms with Crippen molar-refractivity contribution >= 4 is 0 Å². The number of aryl methyl sites for hydroxylation is 1. The lowest BCUT2D eigenvalue weighted by atomic mass is 9.91. The molecule has 0 aliphatic rings. The summed E-state index contributed by atoms with van der Waals surface area (Å²) in [6, 6.07) is 15.0. The van der Waals surface area contributed by atoms with Gasteiger partial charge in [0.1, 0.15) is 0 Å². The largest absolute Gasteiger partial charge is 0.311 e. The van der Waals surface area contributed by atoms with Gasteiger partial charge in [0, 0.05) is 29.9 Å². The number of aromatic nitrogens is 1. The monoisotopic (exact) mass is 282 g/mol. The summed E-state index contributed by atoms with van der Waals surface area (Å²) in [5.41, 5.74) is 3.89. The van der Waals surface area contributed by atoms with Crippen molar-refractivity contribution in [1.29, 1.82) is 0 Å². The molecule has 2 heteroatoms. The van der Waals surface area contributed by atoms with Gasteiger partial charge in [-0.3, -0.25) is 4.98 Å². The molecule has 1 N–H and O–H groups in total. The highest BCUT2D eigenvalue weighted by Crippen LogP contribution is 2.21. The molecule has 1 atom stereocenters. The van der Waals surface area contributed by atoms with E-state index < -0.39 is 0 Å². The third-order valence-electron chi connectivity index (χ3n) is 3.60. The molecule has 0 saturated heterocycles. The molecule has 0 aliphatic carbocycles. The zero-order valence-corrected chi connectivity index (χ0v) is 13.6. The van der Waals surface area contributed by atoms with Crippen LogP contribution in [0.15, 0.2) is 48.7 Å². The van der Waals surface area contributed by atoms with Crippen LogP contribution in [0.2, 0.25) is 0 Å². The molecule has 2 rings (SSSR count). The van der Waals surface area contributed by atoms with Gasteiger partial charge in [-0.1, -0.05) is 36.4 Å². The van der Waals surface area contributed by atoms with E-state index in [0.29, 0.717) is 5.92 Å². The van der Waals surface area contributed by atoms with Crippen molar-refractivity contribution in [3.63, 3.8) is 0 Å². The van der Waals surface area contributed by atoms with Crippen molar-refractivity contribution in [3.05, 3.63) is 65.5 Å². The minimum Gasteiger partial charge on any atom is -0.311 e. The molecule has 0 radical (unpaired) electrons. The van der Waals surface area contributed by atoms with Crippen molar-refractivity contribution in [2.24, 2.45) is 0 Å². The second-order valence-electron chi connectivity index (χ2n) is 6.75. The molecule has 0 bridgehead atoms. The first-order valence-electron chi connectivity index (χ1n) is 7.65. The van der Waals surface area contributed by atoms with Gasteiger partial charge in [-0.2, -0.15) is 0 Å². The second-order valence-corrected chi connectivity index (χ2v) is 6.75. The Balaban J connectivity index is 2.13. The lowest BCUT2D eigenvalue weighted by Crippen LogP contribution is -2.39. The Morgan fingerprint density at radius 1 is 1.05 bits per heavy atom. The molecular weight excluding hydrogens is 256 g/mol. The van der Waals surface area contributed by atoms with Crippen LogP contribution >= 0.6 is 0 Å². The van der Waals surface area contributed by atoms with E-state index in [4.69, 9.17) is 0 Å². The highest BCUT2D eigenvalue weighted by atomic mass is 14.9. The van der Waals surface area contributed by atoms with Crippen LogP contribution < -0.4 is 5.32 Å². The van der Waals surface area contributed by atoms with Gasteiger partial charge < -0.3 is 5.32 Å². The molecule has 0 aliphatic heterocycles. The van der Waals surface area contributed by atoms with E-state index in [1.807, 2.05) is 13.1 Å². The highest BCUT2D eigenvalue weighted by molar-refractivity contribution is 5.24. The Morgan fingerprint density at radius 3 is 2.33 bits per heavy atom. The summed E-state index contributed by atoms with van der Waals surface area (Å²) in [6.07, 6.45) is 3.02. The number of nitrogens with one attached hydrogen (secondary N) is 1. The molecule has 2 aromatic rings. The highest BCUT2D eigenvalue weighted by Gasteiger charge is 2.16. The fourth-order valence-electron chi connectivity index (χ4n) is 2.37. The lowest BCUT2D eigenvalue weighted by molar-refractivity contribution is 0.405. The zero-order chi connectivity index (χ0) is 15.3. The van der Waals surface area contributed by atoms with Crippen LogP contribution in [0.5, 0.6) is 0 Å². The zero-order valence-electron chi connectivity index (χ0n) is 13.6. The van der Waals surface area contributed by atoms with E-state index in [2.05, 4.69) is 73.5 Å². The van der Waals surface area contributed by atoms with E-state index in [1.54, 1.807) is 0 Å². The van der Waals surface area contributed by atoms with Gasteiger partial charge in [0.05, 0.1) is 0 Å². The molecule has 21 heavy (non-hydrogen) atoms. The van der Waals surface area contributed by atoms with E-state index in [0.717, 1.165) is 18.7 Å². The van der Waals surface area contributed by atoms with Crippen molar-refractivity contribution in [2.75, 3.05) is 6.54 Å². The van der Waals surface area contributed by atoms with Crippen LogP contribution in [0.25, 0.3) is 0 Å². The maximum atomic E-state index is 4.41. The third kappa shape index (κ3) is 5.31. The second kappa shape index (κ2) is 6.86. The molecule has 0 spiro atoms. The topological polar surface area (TPSA) is 24.9 Å². The molecule has 1 aromatic heterocycles. The number of nitrogens with zero attached hydrogens (tertiary/aromatic N) is 1. The first-order valence-corrected chi connectivity index (χ1v) is 7.65. The van der Waals surface area contributed by atoms with E-state index in [-0.39, 0.29) is 5.54 Å². The molecule has 1 unspecified atom stereocenters. The first kappa shape index (κ1) is 15.7. The van der Waals surface area contributed by atoms with Crippen LogP contribution in [0.3, 0.4) is 0 Å². The summed E-state index contributed by atoms with van der Waals surface area (Å²) in [4.78, 5) is 4.41. The average Bonchev–Trinajstić information content (AvgIpc) is 2.45. The summed E-state index contributed by atoms with van der Waals surface area (Å²) in [5.74, 6) is 0.468. The van der Waals surface area contributed by atoms with Crippen LogP contribution in [0.1, 0.15) is 43.5 Å². The predicted molar refractivity (Wildman–Crippen MR) is 89.6 cm³/mol. The van der Waals surface area contributed by atoms with Crippen LogP contribution in [0, 0.1) is 6.92 Å². The van der Waals surface area contributed by atoms with Gasteiger partial charge in [0.25, 0.3) is 0 Å². The van der Waals surface area contributed by atoms with Crippen LogP contribution in [0.4, 0.5) is 0 Å². The Morgan fingerprint density at radius 2 is 1.76 bits per heavy atom. The Kier molecular flexibility index (Phi) is 5.13. The fraction of sp³-hybridized carbons (Fsp3) is 0.421. The SMILES string of the molecule is Cc1ccc(CC(CNC(C)(C)C)c2ccccc2)cn1. The maximum Gasteiger partial charge on any atom is 0.0372 e. The molecule has 0 amide bonds. The molecule has 1 aromatic carbocycles. The van der Waals surface area contributed by atoms with Crippen LogP contribution in [-0.2, 0) is 6.42 Å². The summed E-state index contributed by atoms with van der Waals surface area (Å²) < 4.78 is 0. The average molecular weight is 282 g/mol. The van der Waals surface area contributed by atoms with Gasteiger partial charge in [-0.25, -0.2) is 0 Å². The Bertz CT molecular complexity index is 538. The van der Waals surface area contributed by atoms with Crippen molar-refractivity contribution in [1.82, 2.24) is 10.3 Å². The quantitative estimate of drug-likeness (QED) is 0.893. The minimum absolute atomic E-state index is 0.137. The van der Waals surface area contributed by atoms with Crippen molar-refractivity contribution < 1.29 is 0 Å². The summed E-state index contributed by atoms with van der Waals surface area (Å²) >= 11 is 0. The fourth-order valence-corrected chi connectivity index (χ4v) is 2.37. The summed E-state index contributed by atoms with van der Waals surface area (Å²) in [5, 5.41) is 3.63. The lowest BCUT2D eigenvalue weighted by Gasteiger charge is -2.26. The van der Waals surface area contributed by atoms with E-state index in [9.17, 15) is 0 Å². The minimum atomic E-state index is 0.137. The van der Waals surface area contributed by atoms with Crippen molar-refractivity contribution in [3.8, 4) is 0 Å². The number of hydrogen-bond donors (Lipinski definition) is 1. The molecule has 0 fully saturated rings. The molecule has 112 valence electrons. The van der Waals surface area contributed by atoms with Gasteiger partial charge in [-0.15, -0.1) is 0 Å². The number of hydrogen-bond acceptors (Lipinski definition) is 2. The molecule has 0 saturated carbocycles. The van der Waals surface area contributed by atoms with Gasteiger partial charge in [-0.05, 0) is 51.3 Å². The van der Waals surface area contributed by atoms with Gasteiger partial charge in [0.15, 0.2) is 0 Å². The standard InChI is InChI=1S/C19H26N2/c1-15-10-11-16(13-20-15)12-18(14-21-19(2,3)4)17-8-6-5-7-9-17/h5-11,13,18,21H,12,14H2,1-4H3. The normalized spacial score (nSPS) is 13.1. The Labute approximate surface area is 128 Å². The number of benzene rings is 1. The first-order chi connectivity index (χ1) is 9.94. The predicted octanol–water partition coefficient (Wildman–Crippen LogP) is 4.10. The third-order valence-corrected chi connectivity index (χ3v) is 3.60. The summed E-state index contributed by atoms with van der Waals surface area (Å²) in [7, 11) is 0. The molecular formula is C19H26N2. The molecule has 1 heterocycles. The van der Waals surface area contributed by atoms with Crippen LogP contribution in [-0.4, -0.2) is 17.1 Å². The number of pyridine rings is 1. The van der Waals surface area contributed by atoms with Gasteiger partial charge >= 0.3 is 0 Å². The van der Waals surface area contributed by atoms with E-state index >= 15 is 0 Å². The van der Waals surface area contributed by atoms with E-state index in [1.165, 1.54) is 11.1 Å². The molecule has 2 nitrogen and oxygen atoms in total.